The molecule has 2 aromatic carbocycles. The number of hydrogen-bond donors (Lipinski definition) is 2. The molecule has 4 rings (SSSR count). The third-order valence-electron chi connectivity index (χ3n) is 10.6. The summed E-state index contributed by atoms with van der Waals surface area (Å²) in [6.07, 6.45) is 1.32. The molecule has 0 aromatic heterocycles. The lowest BCUT2D eigenvalue weighted by Crippen LogP contribution is -2.63. The number of sulfonamides is 1. The van der Waals surface area contributed by atoms with E-state index in [4.69, 9.17) is 28.4 Å². The van der Waals surface area contributed by atoms with Crippen LogP contribution < -0.4 is 4.74 Å². The smallest absolute Gasteiger partial charge is 0.341 e. The maximum absolute atomic E-state index is 14.1. The summed E-state index contributed by atoms with van der Waals surface area (Å²) in [6.45, 7) is 7.89. The molecule has 4 atom stereocenters. The van der Waals surface area contributed by atoms with E-state index in [1.54, 1.807) is 32.0 Å². The minimum atomic E-state index is -3.81. The first-order chi connectivity index (χ1) is 28.0. The second-order valence-corrected chi connectivity index (χ2v) is 17.3. The van der Waals surface area contributed by atoms with E-state index >= 15 is 0 Å². The molecule has 16 heteroatoms. The summed E-state index contributed by atoms with van der Waals surface area (Å²) >= 11 is 0. The predicted octanol–water partition coefficient (Wildman–Crippen LogP) is 5.49. The van der Waals surface area contributed by atoms with Crippen LogP contribution in [-0.4, -0.2) is 111 Å². The lowest BCUT2D eigenvalue weighted by molar-refractivity contribution is -0.340. The molecule has 15 nitrogen and oxygen atoms in total. The highest BCUT2D eigenvalue weighted by Crippen LogP contribution is 2.46. The number of carbonyl (C=O) groups is 4. The van der Waals surface area contributed by atoms with Gasteiger partial charge in [0.2, 0.25) is 15.8 Å². The van der Waals surface area contributed by atoms with E-state index in [0.29, 0.717) is 17.5 Å². The molecule has 59 heavy (non-hydrogen) atoms. The van der Waals surface area contributed by atoms with Crippen LogP contribution >= 0.6 is 0 Å². The molecule has 1 fully saturated rings. The Morgan fingerprint density at radius 2 is 1.69 bits per heavy atom. The third kappa shape index (κ3) is 11.9. The van der Waals surface area contributed by atoms with E-state index in [9.17, 15) is 37.8 Å². The summed E-state index contributed by atoms with van der Waals surface area (Å²) in [7, 11) is -2.63. The van der Waals surface area contributed by atoms with Gasteiger partial charge in [0.15, 0.2) is 6.10 Å². The second kappa shape index (κ2) is 21.3. The number of fused-ring (bicyclic) bond motifs is 3. The minimum absolute atomic E-state index is 0.0343. The van der Waals surface area contributed by atoms with Crippen molar-refractivity contribution in [1.29, 1.82) is 0 Å². The fourth-order valence-electron chi connectivity index (χ4n) is 7.10. The van der Waals surface area contributed by atoms with Gasteiger partial charge >= 0.3 is 23.9 Å². The Morgan fingerprint density at radius 1 is 0.983 bits per heavy atom. The Hall–Kier alpha value is -4.35. The van der Waals surface area contributed by atoms with Gasteiger partial charge in [-0.3, -0.25) is 9.59 Å². The van der Waals surface area contributed by atoms with Gasteiger partial charge in [0.25, 0.3) is 0 Å². The van der Waals surface area contributed by atoms with Gasteiger partial charge in [-0.05, 0) is 53.8 Å². The molecule has 326 valence electrons. The number of aliphatic hydroxyl groups is 2. The molecule has 0 unspecified atom stereocenters. The van der Waals surface area contributed by atoms with Gasteiger partial charge in [0.05, 0.1) is 43.2 Å². The van der Waals surface area contributed by atoms with Crippen molar-refractivity contribution in [3.8, 4) is 16.9 Å². The van der Waals surface area contributed by atoms with Gasteiger partial charge in [-0.15, -0.1) is 0 Å². The highest BCUT2D eigenvalue weighted by atomic mass is 32.2. The number of cyclic esters (lactones) is 2. The van der Waals surface area contributed by atoms with E-state index in [1.165, 1.54) is 49.5 Å². The molecule has 0 saturated carbocycles. The van der Waals surface area contributed by atoms with Crippen LogP contribution in [0, 0.1) is 5.41 Å². The van der Waals surface area contributed by atoms with E-state index < -0.39 is 76.6 Å². The molecule has 2 heterocycles. The van der Waals surface area contributed by atoms with Gasteiger partial charge in [0, 0.05) is 32.0 Å². The Labute approximate surface area is 347 Å². The van der Waals surface area contributed by atoms with Crippen molar-refractivity contribution in [3.05, 3.63) is 59.7 Å². The number of carbonyl (C=O) groups excluding carboxylic acids is 4. The first-order valence-electron chi connectivity index (χ1n) is 20.3. The van der Waals surface area contributed by atoms with Gasteiger partial charge < -0.3 is 38.6 Å². The van der Waals surface area contributed by atoms with Crippen LogP contribution in [-0.2, 0) is 48.1 Å². The molecule has 2 bridgehead atoms. The topological polar surface area (TPSA) is 202 Å². The molecule has 2 N–H and O–H groups in total. The van der Waals surface area contributed by atoms with Crippen molar-refractivity contribution in [2.24, 2.45) is 5.41 Å². The maximum atomic E-state index is 14.1. The lowest BCUT2D eigenvalue weighted by Gasteiger charge is -2.51. The van der Waals surface area contributed by atoms with Crippen LogP contribution in [0.15, 0.2) is 59.0 Å². The zero-order chi connectivity index (χ0) is 43.4. The van der Waals surface area contributed by atoms with Gasteiger partial charge in [-0.1, -0.05) is 78.5 Å². The molecular formula is C43H59NO14S. The average Bonchev–Trinajstić information content (AvgIpc) is 3.21. The summed E-state index contributed by atoms with van der Waals surface area (Å²) in [5.74, 6) is -5.46. The van der Waals surface area contributed by atoms with Crippen molar-refractivity contribution in [2.75, 3.05) is 40.0 Å². The number of rotatable bonds is 14. The quantitative estimate of drug-likeness (QED) is 0.105. The zero-order valence-corrected chi connectivity index (χ0v) is 35.7. The summed E-state index contributed by atoms with van der Waals surface area (Å²) in [5, 5.41) is 22.9. The maximum Gasteiger partial charge on any atom is 0.341 e. The fourth-order valence-corrected chi connectivity index (χ4v) is 8.61. The minimum Gasteiger partial charge on any atom is -0.492 e. The number of aliphatic hydroxyl groups excluding tert-OH is 1. The molecule has 0 spiro atoms. The predicted molar refractivity (Wildman–Crippen MR) is 216 cm³/mol. The molecule has 1 saturated heterocycles. The number of unbranched alkanes of at least 4 members (excludes halogenated alkanes) is 4. The molecule has 0 aliphatic carbocycles. The summed E-state index contributed by atoms with van der Waals surface area (Å²) in [4.78, 5) is 53.2. The van der Waals surface area contributed by atoms with Crippen molar-refractivity contribution >= 4 is 33.9 Å². The van der Waals surface area contributed by atoms with Crippen molar-refractivity contribution < 1.29 is 66.2 Å². The molecule has 2 aliphatic rings. The zero-order valence-electron chi connectivity index (χ0n) is 34.9. The average molecular weight is 846 g/mol. The highest BCUT2D eigenvalue weighted by molar-refractivity contribution is 7.89. The Bertz CT molecular complexity index is 1920. The lowest BCUT2D eigenvalue weighted by atomic mass is 9.75. The van der Waals surface area contributed by atoms with Crippen molar-refractivity contribution in [1.82, 2.24) is 4.31 Å². The second-order valence-electron chi connectivity index (χ2n) is 15.3. The Kier molecular flexibility index (Phi) is 17.0. The summed E-state index contributed by atoms with van der Waals surface area (Å²) in [6, 6.07) is 10.9. The Balaban J connectivity index is 1.77. The van der Waals surface area contributed by atoms with Crippen molar-refractivity contribution in [3.63, 3.8) is 0 Å². The number of nitrogens with zero attached hydrogens (tertiary/aromatic N) is 1. The first-order valence-corrected chi connectivity index (χ1v) is 21.7. The number of ether oxygens (including phenoxy) is 6. The van der Waals surface area contributed by atoms with Crippen LogP contribution in [0.1, 0.15) is 103 Å². The largest absolute Gasteiger partial charge is 0.492 e. The number of methoxy groups -OCH3 is 1. The number of esters is 4. The van der Waals surface area contributed by atoms with Crippen LogP contribution in [0.5, 0.6) is 5.75 Å². The van der Waals surface area contributed by atoms with Gasteiger partial charge in [-0.2, -0.15) is 4.31 Å². The first kappa shape index (κ1) is 47.3. The number of hydrogen-bond acceptors (Lipinski definition) is 14. The van der Waals surface area contributed by atoms with Crippen molar-refractivity contribution in [2.45, 2.75) is 121 Å². The van der Waals surface area contributed by atoms with Gasteiger partial charge in [-0.25, -0.2) is 18.0 Å². The fraction of sp³-hybridized carbons (Fsp3) is 0.581. The highest BCUT2D eigenvalue weighted by Gasteiger charge is 2.59. The van der Waals surface area contributed by atoms with Crippen LogP contribution in [0.3, 0.4) is 0 Å². The molecular weight excluding hydrogens is 787 g/mol. The van der Waals surface area contributed by atoms with Crippen LogP contribution in [0.4, 0.5) is 0 Å². The van der Waals surface area contributed by atoms with E-state index in [1.807, 2.05) is 0 Å². The monoisotopic (exact) mass is 845 g/mol. The molecule has 0 amide bonds. The normalized spacial score (nSPS) is 23.4. The third-order valence-corrected chi connectivity index (χ3v) is 12.6. The van der Waals surface area contributed by atoms with Crippen LogP contribution in [0.2, 0.25) is 0 Å². The molecule has 2 aliphatic heterocycles. The van der Waals surface area contributed by atoms with E-state index in [-0.39, 0.29) is 67.2 Å². The Morgan fingerprint density at radius 3 is 2.37 bits per heavy atom. The van der Waals surface area contributed by atoms with E-state index in [0.717, 1.165) is 31.8 Å². The standard InChI is InChI=1S/C43H59NO14S/c1-7-10-11-12-13-17-37(46)57-40-31(25-39(48)53-6)22-32-26-33(27-45)56-38(47)20-21-54-36-19-18-30(24-35(36)41(49)55-28-42(4,5)43(40,50)58-32)29-15-14-16-34(23-29)59(51,52)44(8-2)9-3/h14-16,18-19,23-25,32-33,40,45,50H,7-13,17,20-22,26-28H2,1-6H3/b31-25+/t32-,33+,40-,43+/m0/s1. The van der Waals surface area contributed by atoms with Crippen LogP contribution in [0.25, 0.3) is 11.1 Å². The summed E-state index contributed by atoms with van der Waals surface area (Å²) in [5.41, 5.74) is -0.564. The molecule has 0 radical (unpaired) electrons. The number of benzene rings is 2. The summed E-state index contributed by atoms with van der Waals surface area (Å²) < 4.78 is 62.6. The van der Waals surface area contributed by atoms with E-state index in [2.05, 4.69) is 6.92 Å². The molecule has 2 aromatic rings. The van der Waals surface area contributed by atoms with Gasteiger partial charge in [0.1, 0.15) is 24.0 Å². The SMILES string of the molecule is CCCCCCCC(=O)O[C@H]1/C(=C/C(=O)OC)C[C@H]2C[C@H](CO)OC(=O)CCOc3ccc(-c4cccc(S(=O)(=O)N(CC)CC)c4)cc3C(=O)OCC(C)(C)[C@]1(O)O2.